The standard InChI is InChI=1S/C20H25F4N7O5/c1-4-30(12-33)16(10-32)28-29(2)17-15(21)7-14(19(27-17)36-11-20(22,23)24)18(34)26-13-8-25-31(9-13)5-6-35-3/h7-9,12,32H,4-6,10-11H2,1-3H3,(H,26,34)/b28-16-. The summed E-state index contributed by atoms with van der Waals surface area (Å²) in [5, 5.41) is 20.5. The number of likely N-dealkylation sites (N-methyl/N-ethyl adjacent to an activating group) is 1. The Morgan fingerprint density at radius 1 is 1.39 bits per heavy atom. The molecule has 2 heterocycles. The lowest BCUT2D eigenvalue weighted by Crippen LogP contribution is -2.34. The van der Waals surface area contributed by atoms with Crippen LogP contribution in [0.2, 0.25) is 0 Å². The van der Waals surface area contributed by atoms with Gasteiger partial charge < -0.3 is 19.9 Å². The molecule has 0 aromatic carbocycles. The first kappa shape index (κ1) is 28.4. The number of ether oxygens (including phenoxy) is 2. The van der Waals surface area contributed by atoms with Crippen molar-refractivity contribution in [3.63, 3.8) is 0 Å². The summed E-state index contributed by atoms with van der Waals surface area (Å²) in [6.07, 6.45) is -1.66. The highest BCUT2D eigenvalue weighted by molar-refractivity contribution is 6.06. The Hall–Kier alpha value is -3.79. The highest BCUT2D eigenvalue weighted by Gasteiger charge is 2.31. The fraction of sp³-hybridized carbons (Fsp3) is 0.450. The van der Waals surface area contributed by atoms with Gasteiger partial charge in [-0.25, -0.2) is 9.40 Å². The summed E-state index contributed by atoms with van der Waals surface area (Å²) in [6, 6.07) is 0.640. The van der Waals surface area contributed by atoms with Crippen LogP contribution in [0.25, 0.3) is 0 Å². The number of nitrogens with one attached hydrogen (secondary N) is 1. The Labute approximate surface area is 203 Å². The van der Waals surface area contributed by atoms with Gasteiger partial charge in [-0.1, -0.05) is 0 Å². The number of hydrazone groups is 1. The molecule has 2 amide bonds. The maximum absolute atomic E-state index is 14.9. The number of carbonyl (C=O) groups excluding carboxylic acids is 2. The van der Waals surface area contributed by atoms with Gasteiger partial charge in [0.1, 0.15) is 12.2 Å². The van der Waals surface area contributed by atoms with Crippen molar-refractivity contribution >= 4 is 29.7 Å². The number of nitrogens with zero attached hydrogens (tertiary/aromatic N) is 6. The molecule has 0 atom stereocenters. The number of aliphatic hydroxyl groups is 1. The molecule has 2 rings (SSSR count). The van der Waals surface area contributed by atoms with E-state index < -0.39 is 48.4 Å². The largest absolute Gasteiger partial charge is 0.467 e. The van der Waals surface area contributed by atoms with Gasteiger partial charge in [0, 0.05) is 26.9 Å². The number of methoxy groups -OCH3 is 1. The maximum atomic E-state index is 14.9. The van der Waals surface area contributed by atoms with Crippen LogP contribution in [0.15, 0.2) is 23.6 Å². The molecule has 0 saturated carbocycles. The number of amidine groups is 1. The van der Waals surface area contributed by atoms with Crippen molar-refractivity contribution < 1.29 is 41.7 Å². The second-order valence-electron chi connectivity index (χ2n) is 7.08. The lowest BCUT2D eigenvalue weighted by atomic mass is 10.2. The number of hydrogen-bond acceptors (Lipinski definition) is 9. The van der Waals surface area contributed by atoms with Gasteiger partial charge in [-0.2, -0.15) is 28.4 Å². The smallest absolute Gasteiger partial charge is 0.422 e. The predicted octanol–water partition coefficient (Wildman–Crippen LogP) is 1.48. The highest BCUT2D eigenvalue weighted by atomic mass is 19.4. The highest BCUT2D eigenvalue weighted by Crippen LogP contribution is 2.27. The van der Waals surface area contributed by atoms with E-state index in [9.17, 15) is 32.3 Å². The minimum atomic E-state index is -4.77. The number of pyridine rings is 1. The van der Waals surface area contributed by atoms with Gasteiger partial charge in [-0.05, 0) is 13.0 Å². The zero-order chi connectivity index (χ0) is 26.9. The fourth-order valence-corrected chi connectivity index (χ4v) is 2.76. The number of amides is 2. The molecule has 0 aliphatic rings. The second kappa shape index (κ2) is 12.8. The van der Waals surface area contributed by atoms with Gasteiger partial charge in [0.25, 0.3) is 5.91 Å². The van der Waals surface area contributed by atoms with Crippen LogP contribution in [0.3, 0.4) is 0 Å². The third-order valence-electron chi connectivity index (χ3n) is 4.47. The van der Waals surface area contributed by atoms with E-state index in [4.69, 9.17) is 9.47 Å². The first-order valence-electron chi connectivity index (χ1n) is 10.4. The van der Waals surface area contributed by atoms with Crippen molar-refractivity contribution in [3.05, 3.63) is 29.8 Å². The molecule has 198 valence electrons. The molecule has 0 bridgehead atoms. The SMILES string of the molecule is CCN(C=O)/C(CO)=N\N(C)c1nc(OCC(F)(F)F)c(C(=O)Nc2cnn(CCOC)c2)cc1F. The Morgan fingerprint density at radius 3 is 2.69 bits per heavy atom. The summed E-state index contributed by atoms with van der Waals surface area (Å²) < 4.78 is 64.4. The zero-order valence-electron chi connectivity index (χ0n) is 19.6. The van der Waals surface area contributed by atoms with Crippen LogP contribution in [0.5, 0.6) is 5.88 Å². The van der Waals surface area contributed by atoms with Crippen molar-refractivity contribution in [2.75, 3.05) is 50.8 Å². The van der Waals surface area contributed by atoms with Crippen LogP contribution < -0.4 is 15.1 Å². The van der Waals surface area contributed by atoms with E-state index >= 15 is 0 Å². The summed E-state index contributed by atoms with van der Waals surface area (Å²) in [5.74, 6) is -3.75. The van der Waals surface area contributed by atoms with E-state index in [2.05, 4.69) is 20.5 Å². The predicted molar refractivity (Wildman–Crippen MR) is 119 cm³/mol. The zero-order valence-corrected chi connectivity index (χ0v) is 19.6. The van der Waals surface area contributed by atoms with Crippen molar-refractivity contribution in [2.45, 2.75) is 19.6 Å². The van der Waals surface area contributed by atoms with Gasteiger partial charge in [-0.3, -0.25) is 19.2 Å². The van der Waals surface area contributed by atoms with Crippen LogP contribution in [0.1, 0.15) is 17.3 Å². The Morgan fingerprint density at radius 2 is 2.11 bits per heavy atom. The monoisotopic (exact) mass is 519 g/mol. The lowest BCUT2D eigenvalue weighted by molar-refractivity contribution is -0.154. The molecular weight excluding hydrogens is 494 g/mol. The summed E-state index contributed by atoms with van der Waals surface area (Å²) in [6.45, 7) is -0.0558. The van der Waals surface area contributed by atoms with Gasteiger partial charge in [-0.15, -0.1) is 0 Å². The second-order valence-corrected chi connectivity index (χ2v) is 7.08. The van der Waals surface area contributed by atoms with Crippen LogP contribution in [-0.4, -0.2) is 89.6 Å². The first-order valence-corrected chi connectivity index (χ1v) is 10.4. The number of anilines is 2. The van der Waals surface area contributed by atoms with Crippen LogP contribution in [0, 0.1) is 5.82 Å². The quantitative estimate of drug-likeness (QED) is 0.142. The normalized spacial score (nSPS) is 11.8. The van der Waals surface area contributed by atoms with Crippen LogP contribution >= 0.6 is 0 Å². The Kier molecular flexibility index (Phi) is 10.1. The Balaban J connectivity index is 2.41. The molecule has 12 nitrogen and oxygen atoms in total. The van der Waals surface area contributed by atoms with Crippen LogP contribution in [-0.2, 0) is 16.1 Å². The van der Waals surface area contributed by atoms with E-state index in [0.29, 0.717) is 25.6 Å². The third-order valence-corrected chi connectivity index (χ3v) is 4.47. The van der Waals surface area contributed by atoms with E-state index in [0.717, 1.165) is 9.91 Å². The molecule has 2 N–H and O–H groups in total. The lowest BCUT2D eigenvalue weighted by Gasteiger charge is -2.21. The molecule has 16 heteroatoms. The maximum Gasteiger partial charge on any atom is 0.422 e. The molecule has 0 aliphatic heterocycles. The molecule has 0 saturated heterocycles. The summed E-state index contributed by atoms with van der Waals surface area (Å²) in [5.41, 5.74) is -0.432. The van der Waals surface area contributed by atoms with Gasteiger partial charge >= 0.3 is 6.18 Å². The molecule has 0 radical (unpaired) electrons. The fourth-order valence-electron chi connectivity index (χ4n) is 2.76. The summed E-state index contributed by atoms with van der Waals surface area (Å²) in [4.78, 5) is 28.6. The minimum Gasteiger partial charge on any atom is -0.467 e. The van der Waals surface area contributed by atoms with E-state index in [-0.39, 0.29) is 18.1 Å². The van der Waals surface area contributed by atoms with Crippen LogP contribution in [0.4, 0.5) is 29.1 Å². The average Bonchev–Trinajstić information content (AvgIpc) is 3.28. The number of rotatable bonds is 12. The summed E-state index contributed by atoms with van der Waals surface area (Å²) >= 11 is 0. The Bertz CT molecular complexity index is 1080. The molecule has 0 unspecified atom stereocenters. The third kappa shape index (κ3) is 7.88. The number of halogens is 4. The molecule has 0 spiro atoms. The molecular formula is C20H25F4N7O5. The summed E-state index contributed by atoms with van der Waals surface area (Å²) in [7, 11) is 2.68. The molecule has 0 fully saturated rings. The van der Waals surface area contributed by atoms with E-state index in [1.807, 2.05) is 0 Å². The number of alkyl halides is 3. The number of aromatic nitrogens is 3. The average molecular weight is 519 g/mol. The van der Waals surface area contributed by atoms with Crippen molar-refractivity contribution in [3.8, 4) is 5.88 Å². The minimum absolute atomic E-state index is 0.133. The topological polar surface area (TPSA) is 134 Å². The number of carbonyl (C=O) groups is 2. The number of aliphatic hydroxyl groups excluding tert-OH is 1. The molecule has 0 aliphatic carbocycles. The van der Waals surface area contributed by atoms with Crippen molar-refractivity contribution in [1.29, 1.82) is 0 Å². The molecule has 2 aromatic rings. The van der Waals surface area contributed by atoms with Crippen molar-refractivity contribution in [1.82, 2.24) is 19.7 Å². The van der Waals surface area contributed by atoms with Gasteiger partial charge in [0.2, 0.25) is 12.3 Å². The first-order chi connectivity index (χ1) is 17.0. The van der Waals surface area contributed by atoms with E-state index in [1.165, 1.54) is 31.2 Å². The van der Waals surface area contributed by atoms with E-state index in [1.54, 1.807) is 6.92 Å². The number of hydrogen-bond donors (Lipinski definition) is 2. The van der Waals surface area contributed by atoms with Gasteiger partial charge in [0.15, 0.2) is 24.1 Å². The molecule has 36 heavy (non-hydrogen) atoms. The molecule has 2 aromatic heterocycles. The van der Waals surface area contributed by atoms with Crippen molar-refractivity contribution in [2.24, 2.45) is 5.10 Å². The van der Waals surface area contributed by atoms with Gasteiger partial charge in [0.05, 0.1) is 25.0 Å².